The Balaban J connectivity index is 1.74. The van der Waals surface area contributed by atoms with Crippen molar-refractivity contribution in [3.8, 4) is 0 Å². The van der Waals surface area contributed by atoms with Gasteiger partial charge in [0.15, 0.2) is 0 Å². The van der Waals surface area contributed by atoms with Crippen molar-refractivity contribution in [2.24, 2.45) is 17.6 Å². The smallest absolute Gasteiger partial charge is 0.0320 e. The van der Waals surface area contributed by atoms with Gasteiger partial charge in [-0.05, 0) is 62.1 Å². The second kappa shape index (κ2) is 5.50. The highest BCUT2D eigenvalue weighted by molar-refractivity contribution is 5.31. The molecule has 0 bridgehead atoms. The summed E-state index contributed by atoms with van der Waals surface area (Å²) in [6.07, 6.45) is 3.94. The molecule has 3 rings (SSSR count). The van der Waals surface area contributed by atoms with Crippen LogP contribution in [0.25, 0.3) is 0 Å². The number of nitrogens with zero attached hydrogens (tertiary/aromatic N) is 1. The normalized spacial score (nSPS) is 32.1. The Hall–Kier alpha value is -0.860. The molecule has 2 aliphatic rings. The number of likely N-dealkylation sites (tertiary alicyclic amines) is 1. The monoisotopic (exact) mass is 272 g/mol. The van der Waals surface area contributed by atoms with Crippen molar-refractivity contribution in [1.82, 2.24) is 4.90 Å². The number of benzene rings is 1. The van der Waals surface area contributed by atoms with E-state index in [0.717, 1.165) is 11.8 Å². The highest BCUT2D eigenvalue weighted by Gasteiger charge is 2.40. The van der Waals surface area contributed by atoms with Crippen LogP contribution in [0.1, 0.15) is 48.9 Å². The highest BCUT2D eigenvalue weighted by atomic mass is 15.2. The van der Waals surface area contributed by atoms with Gasteiger partial charge in [0.2, 0.25) is 0 Å². The lowest BCUT2D eigenvalue weighted by Gasteiger charge is -2.30. The van der Waals surface area contributed by atoms with Gasteiger partial charge in [-0.15, -0.1) is 0 Å². The van der Waals surface area contributed by atoms with Crippen LogP contribution in [0.3, 0.4) is 0 Å². The molecule has 1 aliphatic heterocycles. The molecular formula is C18H28N2. The molecule has 2 N–H and O–H groups in total. The summed E-state index contributed by atoms with van der Waals surface area (Å²) in [7, 11) is 0. The zero-order valence-corrected chi connectivity index (χ0v) is 13.1. The van der Waals surface area contributed by atoms with Gasteiger partial charge in [-0.3, -0.25) is 4.90 Å². The largest absolute Gasteiger partial charge is 0.327 e. The van der Waals surface area contributed by atoms with Crippen molar-refractivity contribution < 1.29 is 0 Å². The third kappa shape index (κ3) is 2.51. The summed E-state index contributed by atoms with van der Waals surface area (Å²) < 4.78 is 0. The van der Waals surface area contributed by atoms with Gasteiger partial charge in [0.25, 0.3) is 0 Å². The summed E-state index contributed by atoms with van der Waals surface area (Å²) in [5, 5.41) is 0. The third-order valence-electron chi connectivity index (χ3n) is 5.74. The molecule has 4 unspecified atom stereocenters. The number of hydrogen-bond donors (Lipinski definition) is 1. The minimum atomic E-state index is 0.436. The molecule has 1 heterocycles. The Morgan fingerprint density at radius 3 is 2.65 bits per heavy atom. The van der Waals surface area contributed by atoms with Crippen molar-refractivity contribution in [3.05, 3.63) is 34.9 Å². The van der Waals surface area contributed by atoms with Gasteiger partial charge in [-0.1, -0.05) is 24.6 Å². The molecule has 4 atom stereocenters. The fourth-order valence-electron chi connectivity index (χ4n) is 4.10. The molecule has 2 heteroatoms. The molecule has 0 amide bonds. The summed E-state index contributed by atoms with van der Waals surface area (Å²) in [4.78, 5) is 2.66. The standard InChI is InChI=1S/C18H28N2/c1-12-7-8-15(9-13(12)2)14(3)20-10-16-5-4-6-18(19)17(16)11-20/h7-9,14,16-18H,4-6,10-11,19H2,1-3H3. The fourth-order valence-corrected chi connectivity index (χ4v) is 4.10. The Morgan fingerprint density at radius 1 is 1.15 bits per heavy atom. The van der Waals surface area contributed by atoms with Crippen LogP contribution < -0.4 is 5.73 Å². The lowest BCUT2D eigenvalue weighted by atomic mass is 9.78. The van der Waals surface area contributed by atoms with Crippen LogP contribution in [-0.4, -0.2) is 24.0 Å². The predicted octanol–water partition coefficient (Wildman–Crippen LogP) is 3.42. The Kier molecular flexibility index (Phi) is 3.87. The van der Waals surface area contributed by atoms with Crippen molar-refractivity contribution >= 4 is 0 Å². The first-order valence-electron chi connectivity index (χ1n) is 8.13. The van der Waals surface area contributed by atoms with E-state index in [-0.39, 0.29) is 0 Å². The van der Waals surface area contributed by atoms with Crippen LogP contribution in [-0.2, 0) is 0 Å². The van der Waals surface area contributed by atoms with E-state index in [9.17, 15) is 0 Å². The fraction of sp³-hybridized carbons (Fsp3) is 0.667. The average molecular weight is 272 g/mol. The first-order valence-corrected chi connectivity index (χ1v) is 8.13. The second-order valence-electron chi connectivity index (χ2n) is 6.99. The maximum Gasteiger partial charge on any atom is 0.0320 e. The Bertz CT molecular complexity index is 482. The van der Waals surface area contributed by atoms with E-state index in [4.69, 9.17) is 5.73 Å². The van der Waals surface area contributed by atoms with Crippen LogP contribution >= 0.6 is 0 Å². The van der Waals surface area contributed by atoms with E-state index in [0.29, 0.717) is 12.1 Å². The van der Waals surface area contributed by atoms with E-state index in [1.54, 1.807) is 0 Å². The number of aryl methyl sites for hydroxylation is 2. The average Bonchev–Trinajstić information content (AvgIpc) is 2.86. The summed E-state index contributed by atoms with van der Waals surface area (Å²) >= 11 is 0. The van der Waals surface area contributed by atoms with Crippen LogP contribution in [0.15, 0.2) is 18.2 Å². The molecule has 1 aromatic carbocycles. The topological polar surface area (TPSA) is 29.3 Å². The van der Waals surface area contributed by atoms with E-state index >= 15 is 0 Å². The molecule has 2 nitrogen and oxygen atoms in total. The van der Waals surface area contributed by atoms with Crippen molar-refractivity contribution in [1.29, 1.82) is 0 Å². The van der Waals surface area contributed by atoms with Gasteiger partial charge in [0, 0.05) is 25.2 Å². The Labute approximate surface area is 123 Å². The SMILES string of the molecule is Cc1ccc(C(C)N2CC3CCCC(N)C3C2)cc1C. The summed E-state index contributed by atoms with van der Waals surface area (Å²) in [5.41, 5.74) is 10.6. The first kappa shape index (κ1) is 14.1. The van der Waals surface area contributed by atoms with Crippen molar-refractivity contribution in [2.75, 3.05) is 13.1 Å². The van der Waals surface area contributed by atoms with Gasteiger partial charge < -0.3 is 5.73 Å². The van der Waals surface area contributed by atoms with Gasteiger partial charge in [0.05, 0.1) is 0 Å². The van der Waals surface area contributed by atoms with E-state index in [2.05, 4.69) is 43.9 Å². The predicted molar refractivity (Wildman–Crippen MR) is 84.7 cm³/mol. The van der Waals surface area contributed by atoms with Gasteiger partial charge in [-0.25, -0.2) is 0 Å². The minimum absolute atomic E-state index is 0.436. The molecule has 2 fully saturated rings. The molecular weight excluding hydrogens is 244 g/mol. The van der Waals surface area contributed by atoms with Crippen LogP contribution in [0, 0.1) is 25.7 Å². The van der Waals surface area contributed by atoms with Crippen LogP contribution in [0.4, 0.5) is 0 Å². The molecule has 1 aromatic rings. The first-order chi connectivity index (χ1) is 9.56. The second-order valence-corrected chi connectivity index (χ2v) is 6.99. The zero-order chi connectivity index (χ0) is 14.3. The van der Waals surface area contributed by atoms with Crippen molar-refractivity contribution in [2.45, 2.75) is 52.1 Å². The van der Waals surface area contributed by atoms with Crippen molar-refractivity contribution in [3.63, 3.8) is 0 Å². The van der Waals surface area contributed by atoms with Gasteiger partial charge in [-0.2, -0.15) is 0 Å². The van der Waals surface area contributed by atoms with Gasteiger partial charge >= 0.3 is 0 Å². The maximum atomic E-state index is 6.34. The molecule has 0 spiro atoms. The number of hydrogen-bond acceptors (Lipinski definition) is 2. The summed E-state index contributed by atoms with van der Waals surface area (Å²) in [5.74, 6) is 1.57. The number of rotatable bonds is 2. The molecule has 0 aromatic heterocycles. The minimum Gasteiger partial charge on any atom is -0.327 e. The van der Waals surface area contributed by atoms with Gasteiger partial charge in [0.1, 0.15) is 0 Å². The molecule has 1 saturated carbocycles. The quantitative estimate of drug-likeness (QED) is 0.894. The molecule has 1 aliphatic carbocycles. The van der Waals surface area contributed by atoms with E-state index in [1.165, 1.54) is 49.0 Å². The zero-order valence-electron chi connectivity index (χ0n) is 13.1. The van der Waals surface area contributed by atoms with E-state index in [1.807, 2.05) is 0 Å². The summed E-state index contributed by atoms with van der Waals surface area (Å²) in [6.45, 7) is 9.19. The maximum absolute atomic E-state index is 6.34. The molecule has 110 valence electrons. The van der Waals surface area contributed by atoms with Crippen LogP contribution in [0.2, 0.25) is 0 Å². The lowest BCUT2D eigenvalue weighted by molar-refractivity contribution is 0.245. The summed E-state index contributed by atoms with van der Waals surface area (Å²) in [6, 6.07) is 7.88. The Morgan fingerprint density at radius 2 is 1.95 bits per heavy atom. The van der Waals surface area contributed by atoms with E-state index < -0.39 is 0 Å². The lowest BCUT2D eigenvalue weighted by Crippen LogP contribution is -2.38. The van der Waals surface area contributed by atoms with Crippen LogP contribution in [0.5, 0.6) is 0 Å². The third-order valence-corrected chi connectivity index (χ3v) is 5.74. The highest BCUT2D eigenvalue weighted by Crippen LogP contribution is 2.39. The molecule has 1 saturated heterocycles. The molecule has 20 heavy (non-hydrogen) atoms. The number of fused-ring (bicyclic) bond motifs is 1. The molecule has 0 radical (unpaired) electrons. The number of nitrogens with two attached hydrogens (primary N) is 1.